The number of nitrogens with two attached hydrogens (primary N) is 1. The van der Waals surface area contributed by atoms with Crippen LogP contribution in [0.1, 0.15) is 4.88 Å². The Labute approximate surface area is 85.8 Å². The van der Waals surface area contributed by atoms with E-state index >= 15 is 0 Å². The van der Waals surface area contributed by atoms with E-state index in [0.29, 0.717) is 5.13 Å². The fourth-order valence-electron chi connectivity index (χ4n) is 1.30. The molecule has 0 amide bonds. The quantitative estimate of drug-likeness (QED) is 0.753. The molecule has 1 heterocycles. The predicted molar refractivity (Wildman–Crippen MR) is 58.4 cm³/mol. The number of benzene rings is 1. The third-order valence-electron chi connectivity index (χ3n) is 1.95. The Balaban J connectivity index is 2.49. The highest BCUT2D eigenvalue weighted by Gasteiger charge is 2.07. The lowest BCUT2D eigenvalue weighted by Crippen LogP contribution is -1.83. The molecule has 14 heavy (non-hydrogen) atoms. The van der Waals surface area contributed by atoms with Gasteiger partial charge in [-0.3, -0.25) is 0 Å². The molecule has 2 rings (SSSR count). The number of nitrogen functional groups attached to an aromatic ring is 1. The maximum absolute atomic E-state index is 9.14. The summed E-state index contributed by atoms with van der Waals surface area (Å²) in [6.45, 7) is 1.98. The molecule has 0 unspecified atom stereocenters. The Kier molecular flexibility index (Phi) is 2.13. The van der Waals surface area contributed by atoms with Crippen molar-refractivity contribution in [2.24, 2.45) is 0 Å². The van der Waals surface area contributed by atoms with Crippen LogP contribution >= 0.6 is 11.3 Å². The van der Waals surface area contributed by atoms with Crippen LogP contribution < -0.4 is 5.73 Å². The van der Waals surface area contributed by atoms with E-state index in [4.69, 9.17) is 10.8 Å². The summed E-state index contributed by atoms with van der Waals surface area (Å²) in [4.78, 5) is 5.32. The summed E-state index contributed by atoms with van der Waals surface area (Å²) in [7, 11) is 0. The first-order valence-electron chi connectivity index (χ1n) is 4.19. The number of nitrogens with zero attached hydrogens (tertiary/aromatic N) is 1. The number of aromatic nitrogens is 1. The number of rotatable bonds is 1. The second-order valence-electron chi connectivity index (χ2n) is 3.00. The van der Waals surface area contributed by atoms with E-state index in [1.165, 1.54) is 11.3 Å². The van der Waals surface area contributed by atoms with Crippen molar-refractivity contribution in [1.82, 2.24) is 4.98 Å². The van der Waals surface area contributed by atoms with Crippen LogP contribution in [0.5, 0.6) is 5.75 Å². The van der Waals surface area contributed by atoms with Crippen LogP contribution in [0.25, 0.3) is 11.3 Å². The van der Waals surface area contributed by atoms with E-state index in [2.05, 4.69) is 4.98 Å². The van der Waals surface area contributed by atoms with Gasteiger partial charge in [0.25, 0.3) is 0 Å². The van der Waals surface area contributed by atoms with Gasteiger partial charge in [0.15, 0.2) is 5.13 Å². The normalized spacial score (nSPS) is 10.4. The van der Waals surface area contributed by atoms with Crippen LogP contribution in [0.3, 0.4) is 0 Å². The second-order valence-corrected chi connectivity index (χ2v) is 4.24. The molecule has 2 aromatic rings. The molecular weight excluding hydrogens is 196 g/mol. The van der Waals surface area contributed by atoms with E-state index in [0.717, 1.165) is 16.1 Å². The first kappa shape index (κ1) is 9.02. The zero-order valence-corrected chi connectivity index (χ0v) is 8.51. The number of aryl methyl sites for hydroxylation is 1. The molecule has 0 bridgehead atoms. The summed E-state index contributed by atoms with van der Waals surface area (Å²) in [5.41, 5.74) is 7.48. The molecule has 0 radical (unpaired) electrons. The van der Waals surface area contributed by atoms with Gasteiger partial charge in [0, 0.05) is 10.4 Å². The monoisotopic (exact) mass is 206 g/mol. The van der Waals surface area contributed by atoms with Gasteiger partial charge in [0.05, 0.1) is 5.69 Å². The van der Waals surface area contributed by atoms with Crippen LogP contribution in [-0.2, 0) is 0 Å². The summed E-state index contributed by atoms with van der Waals surface area (Å²) in [5, 5.41) is 9.71. The first-order valence-corrected chi connectivity index (χ1v) is 5.01. The van der Waals surface area contributed by atoms with Gasteiger partial charge < -0.3 is 10.8 Å². The lowest BCUT2D eigenvalue weighted by atomic mass is 10.1. The minimum atomic E-state index is 0.259. The van der Waals surface area contributed by atoms with E-state index in [-0.39, 0.29) is 5.75 Å². The smallest absolute Gasteiger partial charge is 0.180 e. The molecule has 1 aromatic carbocycles. The predicted octanol–water partition coefficient (Wildman–Crippen LogP) is 2.41. The van der Waals surface area contributed by atoms with Gasteiger partial charge in [0.1, 0.15) is 5.75 Å². The van der Waals surface area contributed by atoms with Crippen molar-refractivity contribution >= 4 is 16.5 Å². The minimum Gasteiger partial charge on any atom is -0.508 e. The van der Waals surface area contributed by atoms with Gasteiger partial charge in [-0.25, -0.2) is 4.98 Å². The lowest BCUT2D eigenvalue weighted by Gasteiger charge is -1.98. The van der Waals surface area contributed by atoms with Crippen LogP contribution in [0.2, 0.25) is 0 Å². The molecule has 0 atom stereocenters. The fraction of sp³-hybridized carbons (Fsp3) is 0.100. The van der Waals surface area contributed by atoms with Crippen molar-refractivity contribution in [3.8, 4) is 17.0 Å². The summed E-state index contributed by atoms with van der Waals surface area (Å²) in [5.74, 6) is 0.259. The van der Waals surface area contributed by atoms with Crippen LogP contribution in [0.4, 0.5) is 5.13 Å². The van der Waals surface area contributed by atoms with Gasteiger partial charge in [-0.15, -0.1) is 11.3 Å². The van der Waals surface area contributed by atoms with Gasteiger partial charge >= 0.3 is 0 Å². The molecule has 3 N–H and O–H groups in total. The highest BCUT2D eigenvalue weighted by atomic mass is 32.1. The summed E-state index contributed by atoms with van der Waals surface area (Å²) < 4.78 is 0. The van der Waals surface area contributed by atoms with Gasteiger partial charge in [-0.1, -0.05) is 0 Å². The molecule has 1 aromatic heterocycles. The zero-order chi connectivity index (χ0) is 10.1. The summed E-state index contributed by atoms with van der Waals surface area (Å²) >= 11 is 1.47. The molecule has 0 saturated carbocycles. The van der Waals surface area contributed by atoms with Crippen molar-refractivity contribution in [1.29, 1.82) is 0 Å². The van der Waals surface area contributed by atoms with Crippen molar-refractivity contribution in [2.75, 3.05) is 5.73 Å². The van der Waals surface area contributed by atoms with E-state index in [1.54, 1.807) is 12.1 Å². The number of anilines is 1. The third kappa shape index (κ3) is 1.56. The number of thiazole rings is 1. The van der Waals surface area contributed by atoms with Crippen LogP contribution in [-0.4, -0.2) is 10.1 Å². The van der Waals surface area contributed by atoms with Crippen molar-refractivity contribution in [3.05, 3.63) is 29.1 Å². The van der Waals surface area contributed by atoms with Crippen molar-refractivity contribution in [2.45, 2.75) is 6.92 Å². The highest BCUT2D eigenvalue weighted by molar-refractivity contribution is 7.15. The maximum atomic E-state index is 9.14. The fourth-order valence-corrected chi connectivity index (χ4v) is 2.01. The van der Waals surface area contributed by atoms with Crippen molar-refractivity contribution in [3.63, 3.8) is 0 Å². The Morgan fingerprint density at radius 3 is 2.43 bits per heavy atom. The number of phenols is 1. The average Bonchev–Trinajstić information content (AvgIpc) is 2.47. The molecule has 0 aliphatic rings. The number of hydrogen-bond acceptors (Lipinski definition) is 4. The highest BCUT2D eigenvalue weighted by Crippen LogP contribution is 2.29. The topological polar surface area (TPSA) is 59.1 Å². The molecule has 0 fully saturated rings. The molecule has 0 spiro atoms. The van der Waals surface area contributed by atoms with Crippen molar-refractivity contribution < 1.29 is 5.11 Å². The standard InChI is InChI=1S/C10H10N2OS/c1-6-9(12-10(11)14-6)7-2-4-8(13)5-3-7/h2-5,13H,1H3,(H2,11,12). The molecule has 0 saturated heterocycles. The number of aromatic hydroxyl groups is 1. The summed E-state index contributed by atoms with van der Waals surface area (Å²) in [6.07, 6.45) is 0. The SMILES string of the molecule is Cc1sc(N)nc1-c1ccc(O)cc1. The Morgan fingerprint density at radius 2 is 1.93 bits per heavy atom. The van der Waals surface area contributed by atoms with Gasteiger partial charge in [0.2, 0.25) is 0 Å². The van der Waals surface area contributed by atoms with Crippen LogP contribution in [0, 0.1) is 6.92 Å². The molecule has 3 nitrogen and oxygen atoms in total. The number of hydrogen-bond donors (Lipinski definition) is 2. The molecular formula is C10H10N2OS. The third-order valence-corrected chi connectivity index (χ3v) is 2.75. The van der Waals surface area contributed by atoms with Gasteiger partial charge in [-0.2, -0.15) is 0 Å². The van der Waals surface area contributed by atoms with E-state index < -0.39 is 0 Å². The van der Waals surface area contributed by atoms with E-state index in [9.17, 15) is 0 Å². The Bertz CT molecular complexity index is 448. The minimum absolute atomic E-state index is 0.259. The molecule has 0 aliphatic carbocycles. The molecule has 72 valence electrons. The first-order chi connectivity index (χ1) is 6.66. The van der Waals surface area contributed by atoms with E-state index in [1.807, 2.05) is 19.1 Å². The Hall–Kier alpha value is -1.55. The molecule has 0 aliphatic heterocycles. The Morgan fingerprint density at radius 1 is 1.29 bits per heavy atom. The van der Waals surface area contributed by atoms with Crippen LogP contribution in [0.15, 0.2) is 24.3 Å². The molecule has 4 heteroatoms. The maximum Gasteiger partial charge on any atom is 0.180 e. The van der Waals surface area contributed by atoms with Gasteiger partial charge in [-0.05, 0) is 31.2 Å². The average molecular weight is 206 g/mol. The largest absolute Gasteiger partial charge is 0.508 e. The zero-order valence-electron chi connectivity index (χ0n) is 7.69. The number of phenolic OH excluding ortho intramolecular Hbond substituents is 1. The summed E-state index contributed by atoms with van der Waals surface area (Å²) in [6, 6.07) is 6.95. The lowest BCUT2D eigenvalue weighted by molar-refractivity contribution is 0.475. The second kappa shape index (κ2) is 3.31.